The Morgan fingerprint density at radius 2 is 2.17 bits per heavy atom. The van der Waals surface area contributed by atoms with Crippen LogP contribution in [-0.4, -0.2) is 62.6 Å². The van der Waals surface area contributed by atoms with Gasteiger partial charge < -0.3 is 10.1 Å². The molecule has 4 rings (SSSR count). The average Bonchev–Trinajstić information content (AvgIpc) is 3.29. The van der Waals surface area contributed by atoms with Crippen LogP contribution in [0.4, 0.5) is 5.82 Å². The van der Waals surface area contributed by atoms with E-state index in [9.17, 15) is 4.79 Å². The number of amides is 1. The molecule has 2 aromatic heterocycles. The minimum absolute atomic E-state index is 0.0320. The molecule has 2 fully saturated rings. The number of aromatic nitrogens is 4. The molecule has 0 bridgehead atoms. The first-order valence-corrected chi connectivity index (χ1v) is 8.67. The van der Waals surface area contributed by atoms with Crippen LogP contribution >= 0.6 is 0 Å². The quantitative estimate of drug-likeness (QED) is 0.881. The molecule has 1 saturated carbocycles. The van der Waals surface area contributed by atoms with E-state index in [2.05, 4.69) is 25.5 Å². The summed E-state index contributed by atoms with van der Waals surface area (Å²) < 4.78 is 7.30. The van der Waals surface area contributed by atoms with Gasteiger partial charge in [0.25, 0.3) is 0 Å². The number of hydrogen-bond acceptors (Lipinski definition) is 5. The highest BCUT2D eigenvalue weighted by Crippen LogP contribution is 2.28. The lowest BCUT2D eigenvalue weighted by Gasteiger charge is -2.38. The van der Waals surface area contributed by atoms with Crippen molar-refractivity contribution in [1.29, 1.82) is 0 Å². The Labute approximate surface area is 140 Å². The molecule has 130 valence electrons. The lowest BCUT2D eigenvalue weighted by molar-refractivity contribution is -0.129. The maximum absolute atomic E-state index is 12.9. The number of carbonyl (C=O) groups excluding carboxylic acids is 1. The van der Waals surface area contributed by atoms with Crippen LogP contribution in [0.3, 0.4) is 0 Å². The molecule has 1 atom stereocenters. The summed E-state index contributed by atoms with van der Waals surface area (Å²) in [5.41, 5.74) is 1.60. The largest absolute Gasteiger partial charge is 0.378 e. The molecule has 1 amide bonds. The van der Waals surface area contributed by atoms with Crippen molar-refractivity contribution in [3.63, 3.8) is 0 Å². The number of rotatable bonds is 3. The van der Waals surface area contributed by atoms with Gasteiger partial charge in [-0.05, 0) is 19.8 Å². The van der Waals surface area contributed by atoms with Gasteiger partial charge in [-0.2, -0.15) is 10.2 Å². The summed E-state index contributed by atoms with van der Waals surface area (Å²) in [6, 6.07) is 0.267. The molecular weight excluding hydrogens is 308 g/mol. The number of aryl methyl sites for hydroxylation is 2. The Kier molecular flexibility index (Phi) is 4.01. The van der Waals surface area contributed by atoms with Gasteiger partial charge in [0.2, 0.25) is 5.91 Å². The number of morpholine rings is 1. The molecule has 3 heterocycles. The predicted octanol–water partition coefficient (Wildman–Crippen LogP) is 1.19. The zero-order valence-electron chi connectivity index (χ0n) is 14.2. The Hall–Kier alpha value is -1.93. The molecule has 24 heavy (non-hydrogen) atoms. The first-order valence-electron chi connectivity index (χ1n) is 8.67. The molecule has 2 aliphatic rings. The number of aromatic amines is 1. The van der Waals surface area contributed by atoms with Gasteiger partial charge in [0, 0.05) is 19.6 Å². The Morgan fingerprint density at radius 3 is 2.96 bits per heavy atom. The second-order valence-electron chi connectivity index (χ2n) is 6.76. The summed E-state index contributed by atoms with van der Waals surface area (Å²) in [6.07, 6.45) is 4.87. The molecular formula is C16H24N6O2. The fourth-order valence-electron chi connectivity index (χ4n) is 4.04. The standard InChI is InChI=1S/C16H24N6O2/c1-10-13-14(18-19-15(13)21(2)20-10)17-16(23)12-9-24-8-7-22(12)11-5-3-4-6-11/h11-12H,3-9H2,1-2H3,(H2,17,18,19,23)/t12-/m1/s1. The number of anilines is 1. The van der Waals surface area contributed by atoms with Crippen molar-refractivity contribution >= 4 is 22.8 Å². The lowest BCUT2D eigenvalue weighted by atomic mass is 10.1. The summed E-state index contributed by atoms with van der Waals surface area (Å²) in [5.74, 6) is 0.591. The van der Waals surface area contributed by atoms with Gasteiger partial charge in [-0.25, -0.2) is 4.68 Å². The Bertz CT molecular complexity index is 745. The van der Waals surface area contributed by atoms with Crippen molar-refractivity contribution in [2.75, 3.05) is 25.1 Å². The predicted molar refractivity (Wildman–Crippen MR) is 89.8 cm³/mol. The SMILES string of the molecule is Cc1nn(C)c2n[nH]c(NC(=O)[C@H]3COCCN3C3CCCC3)c12. The molecule has 0 spiro atoms. The van der Waals surface area contributed by atoms with Gasteiger partial charge in [0.1, 0.15) is 11.9 Å². The van der Waals surface area contributed by atoms with Gasteiger partial charge in [0.15, 0.2) is 5.65 Å². The van der Waals surface area contributed by atoms with E-state index >= 15 is 0 Å². The minimum atomic E-state index is -0.239. The van der Waals surface area contributed by atoms with E-state index in [0.29, 0.717) is 25.1 Å². The van der Waals surface area contributed by atoms with Crippen molar-refractivity contribution in [2.45, 2.75) is 44.7 Å². The summed E-state index contributed by atoms with van der Waals surface area (Å²) >= 11 is 0. The molecule has 8 nitrogen and oxygen atoms in total. The first-order chi connectivity index (χ1) is 11.6. The highest BCUT2D eigenvalue weighted by molar-refractivity contribution is 6.02. The highest BCUT2D eigenvalue weighted by atomic mass is 16.5. The third kappa shape index (κ3) is 2.59. The zero-order valence-corrected chi connectivity index (χ0v) is 14.2. The van der Waals surface area contributed by atoms with E-state index in [1.165, 1.54) is 25.7 Å². The van der Waals surface area contributed by atoms with Crippen molar-refractivity contribution < 1.29 is 9.53 Å². The van der Waals surface area contributed by atoms with Crippen LogP contribution in [0.1, 0.15) is 31.4 Å². The fraction of sp³-hybridized carbons (Fsp3) is 0.688. The molecule has 1 aliphatic heterocycles. The monoisotopic (exact) mass is 332 g/mol. The number of nitrogens with one attached hydrogen (secondary N) is 2. The summed E-state index contributed by atoms with van der Waals surface area (Å²) in [7, 11) is 1.85. The molecule has 2 aromatic rings. The van der Waals surface area contributed by atoms with Crippen molar-refractivity contribution in [3.05, 3.63) is 5.69 Å². The maximum atomic E-state index is 12.9. The Morgan fingerprint density at radius 1 is 1.38 bits per heavy atom. The van der Waals surface area contributed by atoms with Gasteiger partial charge in [-0.3, -0.25) is 14.8 Å². The van der Waals surface area contributed by atoms with Crippen molar-refractivity contribution in [3.8, 4) is 0 Å². The third-order valence-electron chi connectivity index (χ3n) is 5.23. The fourth-order valence-corrected chi connectivity index (χ4v) is 4.04. The Balaban J connectivity index is 1.55. The maximum Gasteiger partial charge on any atom is 0.245 e. The second-order valence-corrected chi connectivity index (χ2v) is 6.76. The van der Waals surface area contributed by atoms with Crippen LogP contribution in [0.25, 0.3) is 11.0 Å². The molecule has 2 N–H and O–H groups in total. The normalized spacial score (nSPS) is 23.2. The van der Waals surface area contributed by atoms with Crippen LogP contribution in [0.15, 0.2) is 0 Å². The zero-order chi connectivity index (χ0) is 16.7. The number of H-pyrrole nitrogens is 1. The topological polar surface area (TPSA) is 88.1 Å². The van der Waals surface area contributed by atoms with Crippen molar-refractivity contribution in [1.82, 2.24) is 24.9 Å². The van der Waals surface area contributed by atoms with E-state index in [0.717, 1.165) is 23.3 Å². The summed E-state index contributed by atoms with van der Waals surface area (Å²) in [5, 5.41) is 15.4. The summed E-state index contributed by atoms with van der Waals surface area (Å²) in [4.78, 5) is 15.2. The van der Waals surface area contributed by atoms with E-state index in [4.69, 9.17) is 4.74 Å². The number of ether oxygens (including phenoxy) is 1. The van der Waals surface area contributed by atoms with E-state index < -0.39 is 0 Å². The smallest absolute Gasteiger partial charge is 0.245 e. The highest BCUT2D eigenvalue weighted by Gasteiger charge is 2.35. The second kappa shape index (κ2) is 6.18. The van der Waals surface area contributed by atoms with E-state index in [1.807, 2.05) is 14.0 Å². The summed E-state index contributed by atoms with van der Waals surface area (Å²) in [6.45, 7) is 3.90. The molecule has 1 aliphatic carbocycles. The van der Waals surface area contributed by atoms with Gasteiger partial charge in [-0.1, -0.05) is 12.8 Å². The van der Waals surface area contributed by atoms with Gasteiger partial charge in [0.05, 0.1) is 24.3 Å². The number of fused-ring (bicyclic) bond motifs is 1. The minimum Gasteiger partial charge on any atom is -0.378 e. The number of carbonyl (C=O) groups is 1. The first kappa shape index (κ1) is 15.6. The molecule has 0 aromatic carbocycles. The van der Waals surface area contributed by atoms with Crippen LogP contribution in [-0.2, 0) is 16.6 Å². The van der Waals surface area contributed by atoms with Crippen LogP contribution in [0.5, 0.6) is 0 Å². The number of hydrogen-bond donors (Lipinski definition) is 2. The third-order valence-corrected chi connectivity index (χ3v) is 5.23. The van der Waals surface area contributed by atoms with Gasteiger partial charge in [-0.15, -0.1) is 0 Å². The molecule has 0 unspecified atom stereocenters. The van der Waals surface area contributed by atoms with Crippen LogP contribution in [0.2, 0.25) is 0 Å². The molecule has 8 heteroatoms. The van der Waals surface area contributed by atoms with Crippen molar-refractivity contribution in [2.24, 2.45) is 7.05 Å². The average molecular weight is 332 g/mol. The number of nitrogens with zero attached hydrogens (tertiary/aromatic N) is 4. The van der Waals surface area contributed by atoms with E-state index in [-0.39, 0.29) is 11.9 Å². The van der Waals surface area contributed by atoms with E-state index in [1.54, 1.807) is 4.68 Å². The molecule has 1 saturated heterocycles. The van der Waals surface area contributed by atoms with Crippen LogP contribution < -0.4 is 5.32 Å². The lowest BCUT2D eigenvalue weighted by Crippen LogP contribution is -2.55. The van der Waals surface area contributed by atoms with Crippen LogP contribution in [0, 0.1) is 6.92 Å². The molecule has 0 radical (unpaired) electrons. The van der Waals surface area contributed by atoms with Gasteiger partial charge >= 0.3 is 0 Å².